The van der Waals surface area contributed by atoms with Gasteiger partial charge in [0.05, 0.1) is 0 Å². The van der Waals surface area contributed by atoms with Gasteiger partial charge in [0.2, 0.25) is 0 Å². The summed E-state index contributed by atoms with van der Waals surface area (Å²) < 4.78 is 6.47. The monoisotopic (exact) mass is 755 g/mol. The van der Waals surface area contributed by atoms with Crippen LogP contribution in [0.3, 0.4) is 0 Å². The SMILES string of the molecule is CC1(C)c2ccccc2-c2ccc(N(c3ccc(-c4ccccc4)cc3)c3ccc(-c4cc5oc6ccccc6c5cc4-c4ccc(-c5ccccc5)cc4)cc3)cc21. The van der Waals surface area contributed by atoms with Crippen LogP contribution >= 0.6 is 0 Å². The van der Waals surface area contributed by atoms with Crippen molar-refractivity contribution in [2.24, 2.45) is 0 Å². The summed E-state index contributed by atoms with van der Waals surface area (Å²) in [6, 6.07) is 76.8. The Balaban J connectivity index is 1.03. The first-order chi connectivity index (χ1) is 29.0. The zero-order valence-corrected chi connectivity index (χ0v) is 33.1. The average Bonchev–Trinajstić information content (AvgIpc) is 3.78. The van der Waals surface area contributed by atoms with Crippen LogP contribution in [0.15, 0.2) is 217 Å². The molecule has 0 saturated carbocycles. The van der Waals surface area contributed by atoms with Gasteiger partial charge in [0.15, 0.2) is 0 Å². The summed E-state index contributed by atoms with van der Waals surface area (Å²) >= 11 is 0. The Morgan fingerprint density at radius 2 is 0.797 bits per heavy atom. The molecule has 0 unspecified atom stereocenters. The van der Waals surface area contributed by atoms with Crippen molar-refractivity contribution in [1.29, 1.82) is 0 Å². The quantitative estimate of drug-likeness (QED) is 0.161. The van der Waals surface area contributed by atoms with E-state index in [1.807, 2.05) is 6.07 Å². The van der Waals surface area contributed by atoms with E-state index in [1.165, 1.54) is 50.1 Å². The fraction of sp³-hybridized carbons (Fsp3) is 0.0526. The Labute approximate surface area is 345 Å². The molecule has 1 aromatic heterocycles. The second-order valence-corrected chi connectivity index (χ2v) is 16.1. The highest BCUT2D eigenvalue weighted by Crippen LogP contribution is 2.51. The molecule has 1 aliphatic carbocycles. The van der Waals surface area contributed by atoms with Crippen LogP contribution in [0.25, 0.3) is 77.6 Å². The van der Waals surface area contributed by atoms with Crippen LogP contribution < -0.4 is 4.90 Å². The van der Waals surface area contributed by atoms with E-state index < -0.39 is 0 Å². The van der Waals surface area contributed by atoms with E-state index in [4.69, 9.17) is 4.42 Å². The van der Waals surface area contributed by atoms with Gasteiger partial charge in [-0.3, -0.25) is 0 Å². The Bertz CT molecular complexity index is 3140. The standard InChI is InChI=1S/C57H41NO/c1-57(2)53-19-11-9-17-47(53)48-34-33-46(35-54(48)57)58(44-29-25-41(26-30-44)39-15-7-4-8-16-39)45-31-27-43(28-32-45)51-37-56-52(49-18-10-12-20-55(49)59-56)36-50(51)42-23-21-40(22-24-42)38-13-5-3-6-14-38/h3-37H,1-2H3. The molecule has 0 amide bonds. The van der Waals surface area contributed by atoms with Gasteiger partial charge in [-0.2, -0.15) is 0 Å². The van der Waals surface area contributed by atoms with Crippen LogP contribution in [-0.2, 0) is 5.41 Å². The van der Waals surface area contributed by atoms with E-state index in [2.05, 4.69) is 225 Å². The van der Waals surface area contributed by atoms with E-state index in [0.29, 0.717) is 0 Å². The third-order valence-electron chi connectivity index (χ3n) is 12.3. The van der Waals surface area contributed by atoms with Gasteiger partial charge in [-0.1, -0.05) is 172 Å². The minimum absolute atomic E-state index is 0.111. The van der Waals surface area contributed by atoms with Crippen molar-refractivity contribution in [3.05, 3.63) is 223 Å². The topological polar surface area (TPSA) is 16.4 Å². The summed E-state index contributed by atoms with van der Waals surface area (Å²) in [5.41, 5.74) is 19.8. The number of nitrogens with zero attached hydrogens (tertiary/aromatic N) is 1. The van der Waals surface area contributed by atoms with E-state index in [9.17, 15) is 0 Å². The minimum atomic E-state index is -0.111. The fourth-order valence-electron chi connectivity index (χ4n) is 9.22. The Hall–Kier alpha value is -7.42. The number of rotatable bonds is 7. The first-order valence-electron chi connectivity index (χ1n) is 20.4. The molecule has 0 aliphatic heterocycles. The van der Waals surface area contributed by atoms with Crippen LogP contribution in [0.4, 0.5) is 17.1 Å². The van der Waals surface area contributed by atoms with Gasteiger partial charge in [-0.05, 0) is 121 Å². The second-order valence-electron chi connectivity index (χ2n) is 16.1. The molecule has 0 atom stereocenters. The smallest absolute Gasteiger partial charge is 0.136 e. The first-order valence-corrected chi connectivity index (χ1v) is 20.4. The molecular weight excluding hydrogens is 715 g/mol. The van der Waals surface area contributed by atoms with Crippen molar-refractivity contribution in [3.8, 4) is 55.6 Å². The van der Waals surface area contributed by atoms with Crippen molar-refractivity contribution in [2.75, 3.05) is 4.90 Å². The lowest BCUT2D eigenvalue weighted by Crippen LogP contribution is -2.16. The number of furan rings is 1. The van der Waals surface area contributed by atoms with Crippen molar-refractivity contribution in [3.63, 3.8) is 0 Å². The van der Waals surface area contributed by atoms with Crippen LogP contribution in [0.5, 0.6) is 0 Å². The van der Waals surface area contributed by atoms with Gasteiger partial charge in [0.25, 0.3) is 0 Å². The van der Waals surface area contributed by atoms with Crippen molar-refractivity contribution in [2.45, 2.75) is 19.3 Å². The number of hydrogen-bond donors (Lipinski definition) is 0. The van der Waals surface area contributed by atoms with Gasteiger partial charge in [-0.25, -0.2) is 0 Å². The van der Waals surface area contributed by atoms with E-state index >= 15 is 0 Å². The molecule has 59 heavy (non-hydrogen) atoms. The number of benzene rings is 9. The fourth-order valence-corrected chi connectivity index (χ4v) is 9.22. The maximum atomic E-state index is 6.47. The summed E-state index contributed by atoms with van der Waals surface area (Å²) in [5, 5.41) is 2.25. The van der Waals surface area contributed by atoms with Crippen LogP contribution in [0.1, 0.15) is 25.0 Å². The van der Waals surface area contributed by atoms with Gasteiger partial charge >= 0.3 is 0 Å². The third kappa shape index (κ3) is 5.96. The Morgan fingerprint density at radius 3 is 1.46 bits per heavy atom. The third-order valence-corrected chi connectivity index (χ3v) is 12.3. The maximum absolute atomic E-state index is 6.47. The average molecular weight is 756 g/mol. The Morgan fingerprint density at radius 1 is 0.322 bits per heavy atom. The minimum Gasteiger partial charge on any atom is -0.456 e. The van der Waals surface area contributed by atoms with Gasteiger partial charge in [0, 0.05) is 33.2 Å². The van der Waals surface area contributed by atoms with Crippen molar-refractivity contribution in [1.82, 2.24) is 0 Å². The maximum Gasteiger partial charge on any atom is 0.136 e. The molecule has 1 aliphatic rings. The summed E-state index contributed by atoms with van der Waals surface area (Å²) in [6.07, 6.45) is 0. The number of anilines is 3. The molecular formula is C57H41NO. The summed E-state index contributed by atoms with van der Waals surface area (Å²) in [4.78, 5) is 2.39. The zero-order valence-electron chi connectivity index (χ0n) is 33.1. The molecule has 11 rings (SSSR count). The second kappa shape index (κ2) is 13.9. The molecule has 0 radical (unpaired) electrons. The molecule has 2 heteroatoms. The molecule has 0 N–H and O–H groups in total. The molecule has 9 aromatic carbocycles. The largest absolute Gasteiger partial charge is 0.456 e. The first kappa shape index (κ1) is 34.8. The predicted octanol–water partition coefficient (Wildman–Crippen LogP) is 16.0. The number of para-hydroxylation sites is 1. The van der Waals surface area contributed by atoms with Crippen molar-refractivity contribution >= 4 is 39.0 Å². The highest BCUT2D eigenvalue weighted by atomic mass is 16.3. The number of hydrogen-bond acceptors (Lipinski definition) is 2. The van der Waals surface area contributed by atoms with Gasteiger partial charge < -0.3 is 9.32 Å². The molecule has 280 valence electrons. The molecule has 10 aromatic rings. The van der Waals surface area contributed by atoms with Crippen LogP contribution in [-0.4, -0.2) is 0 Å². The van der Waals surface area contributed by atoms with Crippen LogP contribution in [0.2, 0.25) is 0 Å². The summed E-state index contributed by atoms with van der Waals surface area (Å²) in [7, 11) is 0. The van der Waals surface area contributed by atoms with E-state index in [1.54, 1.807) is 0 Å². The summed E-state index contributed by atoms with van der Waals surface area (Å²) in [5.74, 6) is 0. The predicted molar refractivity (Wildman–Crippen MR) is 248 cm³/mol. The van der Waals surface area contributed by atoms with Crippen molar-refractivity contribution < 1.29 is 4.42 Å². The molecule has 0 spiro atoms. The van der Waals surface area contributed by atoms with Crippen LogP contribution in [0, 0.1) is 0 Å². The molecule has 0 bridgehead atoms. The molecule has 0 saturated heterocycles. The highest BCUT2D eigenvalue weighted by molar-refractivity contribution is 6.09. The van der Waals surface area contributed by atoms with E-state index in [-0.39, 0.29) is 5.41 Å². The van der Waals surface area contributed by atoms with Gasteiger partial charge in [-0.15, -0.1) is 0 Å². The molecule has 2 nitrogen and oxygen atoms in total. The molecule has 0 fully saturated rings. The van der Waals surface area contributed by atoms with Gasteiger partial charge in [0.1, 0.15) is 11.2 Å². The normalized spacial score (nSPS) is 12.7. The molecule has 1 heterocycles. The lowest BCUT2D eigenvalue weighted by molar-refractivity contribution is 0.660. The van der Waals surface area contributed by atoms with E-state index in [0.717, 1.165) is 55.7 Å². The lowest BCUT2D eigenvalue weighted by atomic mass is 9.82. The highest BCUT2D eigenvalue weighted by Gasteiger charge is 2.35. The lowest BCUT2D eigenvalue weighted by Gasteiger charge is -2.28. The Kier molecular flexibility index (Phi) is 8.20. The number of fused-ring (bicyclic) bond motifs is 6. The zero-order chi connectivity index (χ0) is 39.5. The summed E-state index contributed by atoms with van der Waals surface area (Å²) in [6.45, 7) is 4.70.